The molecule has 1 aliphatic heterocycles. The molecule has 2 aromatic rings. The highest BCUT2D eigenvalue weighted by Gasteiger charge is 2.35. The maximum atomic E-state index is 12.1. The second kappa shape index (κ2) is 5.73. The highest BCUT2D eigenvalue weighted by atomic mass is 79.9. The number of nitro benzene ring substituents is 1. The zero-order chi connectivity index (χ0) is 16.6. The normalized spacial score (nSPS) is 13.7. The minimum absolute atomic E-state index is 0.128. The van der Waals surface area contributed by atoms with Crippen LogP contribution in [0, 0.1) is 10.1 Å². The maximum absolute atomic E-state index is 12.1. The number of carbonyl (C=O) groups excluding carboxylic acids is 2. The van der Waals surface area contributed by atoms with Gasteiger partial charge in [-0.15, -0.1) is 0 Å². The number of amides is 2. The van der Waals surface area contributed by atoms with Gasteiger partial charge in [0.05, 0.1) is 26.7 Å². The van der Waals surface area contributed by atoms with Crippen molar-refractivity contribution in [2.24, 2.45) is 5.10 Å². The molecule has 0 aliphatic carbocycles. The second-order valence-corrected chi connectivity index (χ2v) is 5.53. The molecule has 0 bridgehead atoms. The fourth-order valence-electron chi connectivity index (χ4n) is 2.16. The largest absolute Gasteiger partial charge is 0.284 e. The highest BCUT2D eigenvalue weighted by Crippen LogP contribution is 2.26. The summed E-state index contributed by atoms with van der Waals surface area (Å²) in [5.74, 6) is -1.04. The molecule has 0 radical (unpaired) electrons. The molecule has 0 fully saturated rings. The van der Waals surface area contributed by atoms with E-state index in [0.29, 0.717) is 10.0 Å². The molecule has 0 N–H and O–H groups in total. The van der Waals surface area contributed by atoms with Crippen LogP contribution in [0.5, 0.6) is 0 Å². The number of fused-ring (bicyclic) bond motifs is 1. The van der Waals surface area contributed by atoms with Crippen LogP contribution in [0.4, 0.5) is 5.69 Å². The lowest BCUT2D eigenvalue weighted by molar-refractivity contribution is -0.385. The summed E-state index contributed by atoms with van der Waals surface area (Å²) in [6.07, 6.45) is 1.24. The Morgan fingerprint density at radius 1 is 1.09 bits per heavy atom. The molecule has 0 saturated carbocycles. The van der Waals surface area contributed by atoms with E-state index in [2.05, 4.69) is 21.0 Å². The number of nitrogens with zero attached hydrogens (tertiary/aromatic N) is 3. The number of benzene rings is 2. The number of imide groups is 1. The molecular weight excluding hydrogens is 366 g/mol. The van der Waals surface area contributed by atoms with Crippen molar-refractivity contribution in [1.82, 2.24) is 5.01 Å². The van der Waals surface area contributed by atoms with Crippen LogP contribution >= 0.6 is 15.9 Å². The molecule has 0 spiro atoms. The van der Waals surface area contributed by atoms with Crippen LogP contribution in [0.15, 0.2) is 52.0 Å². The fraction of sp³-hybridized carbons (Fsp3) is 0. The van der Waals surface area contributed by atoms with Crippen LogP contribution in [0.25, 0.3) is 0 Å². The van der Waals surface area contributed by atoms with Gasteiger partial charge in [-0.05, 0) is 34.1 Å². The number of halogens is 1. The van der Waals surface area contributed by atoms with Gasteiger partial charge in [0.25, 0.3) is 17.5 Å². The van der Waals surface area contributed by atoms with Gasteiger partial charge in [-0.1, -0.05) is 18.2 Å². The van der Waals surface area contributed by atoms with Gasteiger partial charge in [-0.2, -0.15) is 10.1 Å². The van der Waals surface area contributed by atoms with Gasteiger partial charge >= 0.3 is 0 Å². The summed E-state index contributed by atoms with van der Waals surface area (Å²) in [4.78, 5) is 34.6. The summed E-state index contributed by atoms with van der Waals surface area (Å²) in [5, 5.41) is 15.5. The summed E-state index contributed by atoms with van der Waals surface area (Å²) in [6.45, 7) is 0. The zero-order valence-electron chi connectivity index (χ0n) is 11.5. The molecule has 2 aromatic carbocycles. The van der Waals surface area contributed by atoms with Crippen molar-refractivity contribution in [3.05, 3.63) is 73.7 Å². The Morgan fingerprint density at radius 3 is 2.26 bits per heavy atom. The van der Waals surface area contributed by atoms with Crippen molar-refractivity contribution in [2.45, 2.75) is 0 Å². The van der Waals surface area contributed by atoms with Crippen molar-refractivity contribution >= 4 is 39.6 Å². The molecule has 0 unspecified atom stereocenters. The quantitative estimate of drug-likeness (QED) is 0.357. The lowest BCUT2D eigenvalue weighted by atomic mass is 10.1. The molecule has 1 heterocycles. The molecule has 0 aromatic heterocycles. The zero-order valence-corrected chi connectivity index (χ0v) is 13.1. The van der Waals surface area contributed by atoms with E-state index < -0.39 is 16.7 Å². The van der Waals surface area contributed by atoms with E-state index in [1.165, 1.54) is 18.3 Å². The third-order valence-electron chi connectivity index (χ3n) is 3.26. The van der Waals surface area contributed by atoms with Crippen LogP contribution in [0.1, 0.15) is 26.3 Å². The highest BCUT2D eigenvalue weighted by molar-refractivity contribution is 9.10. The number of rotatable bonds is 3. The Hall–Kier alpha value is -2.87. The van der Waals surface area contributed by atoms with E-state index >= 15 is 0 Å². The molecule has 8 heteroatoms. The Balaban J connectivity index is 1.90. The van der Waals surface area contributed by atoms with E-state index in [1.54, 1.807) is 30.3 Å². The van der Waals surface area contributed by atoms with Crippen LogP contribution in [0.2, 0.25) is 0 Å². The topological polar surface area (TPSA) is 92.9 Å². The number of hydrogen-bond acceptors (Lipinski definition) is 5. The van der Waals surface area contributed by atoms with Crippen molar-refractivity contribution < 1.29 is 14.5 Å². The number of hydrogen-bond donors (Lipinski definition) is 0. The van der Waals surface area contributed by atoms with E-state index in [0.717, 1.165) is 5.01 Å². The Morgan fingerprint density at radius 2 is 1.70 bits per heavy atom. The summed E-state index contributed by atoms with van der Waals surface area (Å²) < 4.78 is 0.334. The van der Waals surface area contributed by atoms with Crippen LogP contribution < -0.4 is 0 Å². The van der Waals surface area contributed by atoms with Gasteiger partial charge in [0.1, 0.15) is 0 Å². The van der Waals surface area contributed by atoms with Gasteiger partial charge in [0, 0.05) is 11.6 Å². The van der Waals surface area contributed by atoms with E-state index in [-0.39, 0.29) is 16.8 Å². The second-order valence-electron chi connectivity index (χ2n) is 4.68. The predicted octanol–water partition coefficient (Wildman–Crippen LogP) is 2.99. The molecule has 1 aliphatic rings. The van der Waals surface area contributed by atoms with Crippen LogP contribution in [0.3, 0.4) is 0 Å². The van der Waals surface area contributed by atoms with E-state index in [9.17, 15) is 19.7 Å². The van der Waals surface area contributed by atoms with Gasteiger partial charge in [0.15, 0.2) is 0 Å². The summed E-state index contributed by atoms with van der Waals surface area (Å²) >= 11 is 3.08. The van der Waals surface area contributed by atoms with Gasteiger partial charge < -0.3 is 0 Å². The average Bonchev–Trinajstić information content (AvgIpc) is 2.78. The van der Waals surface area contributed by atoms with Crippen molar-refractivity contribution in [3.63, 3.8) is 0 Å². The Bertz CT molecular complexity index is 844. The van der Waals surface area contributed by atoms with Crippen molar-refractivity contribution in [1.29, 1.82) is 0 Å². The third kappa shape index (κ3) is 2.64. The number of carbonyl (C=O) groups is 2. The minimum Gasteiger partial charge on any atom is -0.267 e. The number of hydrazone groups is 1. The van der Waals surface area contributed by atoms with Gasteiger partial charge in [0.2, 0.25) is 0 Å². The lowest BCUT2D eigenvalue weighted by Gasteiger charge is -2.05. The summed E-state index contributed by atoms with van der Waals surface area (Å²) in [5.41, 5.74) is 0.848. The first-order valence-electron chi connectivity index (χ1n) is 6.45. The van der Waals surface area contributed by atoms with Crippen LogP contribution in [-0.4, -0.2) is 28.0 Å². The van der Waals surface area contributed by atoms with Crippen molar-refractivity contribution in [2.75, 3.05) is 0 Å². The average molecular weight is 374 g/mol. The fourth-order valence-corrected chi connectivity index (χ4v) is 2.55. The molecular formula is C15H8BrN3O4. The Labute approximate surface area is 138 Å². The molecule has 7 nitrogen and oxygen atoms in total. The van der Waals surface area contributed by atoms with Crippen LogP contribution in [-0.2, 0) is 0 Å². The first-order valence-corrected chi connectivity index (χ1v) is 7.24. The van der Waals surface area contributed by atoms with Gasteiger partial charge in [-0.25, -0.2) is 0 Å². The molecule has 23 heavy (non-hydrogen) atoms. The number of nitro groups is 1. The monoisotopic (exact) mass is 373 g/mol. The molecule has 0 saturated heterocycles. The minimum atomic E-state index is -0.538. The smallest absolute Gasteiger partial charge is 0.267 e. The SMILES string of the molecule is O=C1c2ccccc2C(=O)N1/N=C\c1ccc(Br)c([N+](=O)[O-])c1. The third-order valence-corrected chi connectivity index (χ3v) is 3.93. The summed E-state index contributed by atoms with van der Waals surface area (Å²) in [6, 6.07) is 10.8. The van der Waals surface area contributed by atoms with Crippen molar-refractivity contribution in [3.8, 4) is 0 Å². The van der Waals surface area contributed by atoms with E-state index in [1.807, 2.05) is 0 Å². The van der Waals surface area contributed by atoms with Gasteiger partial charge in [-0.3, -0.25) is 19.7 Å². The standard InChI is InChI=1S/C15H8BrN3O4/c16-12-6-5-9(7-13(12)19(22)23)8-17-18-14(20)10-3-1-2-4-11(10)15(18)21/h1-8H/b17-8-. The molecule has 114 valence electrons. The summed E-state index contributed by atoms with van der Waals surface area (Å²) in [7, 11) is 0. The maximum Gasteiger partial charge on any atom is 0.284 e. The lowest BCUT2D eigenvalue weighted by Crippen LogP contribution is -2.23. The predicted molar refractivity (Wildman–Crippen MR) is 85.3 cm³/mol. The first-order chi connectivity index (χ1) is 11.0. The Kier molecular flexibility index (Phi) is 3.75. The first kappa shape index (κ1) is 15.0. The molecule has 2 amide bonds. The molecule has 0 atom stereocenters. The molecule has 3 rings (SSSR count). The van der Waals surface area contributed by atoms with E-state index in [4.69, 9.17) is 0 Å².